The number of nitrogens with zero attached hydrogens (tertiary/aromatic N) is 3. The van der Waals surface area contributed by atoms with Crippen LogP contribution in [0.5, 0.6) is 0 Å². The Bertz CT molecular complexity index is 866. The van der Waals surface area contributed by atoms with Crippen LogP contribution in [-0.2, 0) is 18.9 Å². The molecule has 1 saturated heterocycles. The van der Waals surface area contributed by atoms with Gasteiger partial charge < -0.3 is 45.8 Å². The monoisotopic (exact) mass is 471 g/mol. The van der Waals surface area contributed by atoms with Crippen molar-refractivity contribution in [1.29, 1.82) is 0 Å². The quantitative estimate of drug-likeness (QED) is 0.133. The van der Waals surface area contributed by atoms with Crippen molar-refractivity contribution in [2.75, 3.05) is 18.8 Å². The Balaban J connectivity index is 0.000000861. The number of rotatable bonds is 7. The first-order valence-electron chi connectivity index (χ1n) is 8.18. The molecule has 2 rings (SSSR count). The van der Waals surface area contributed by atoms with Gasteiger partial charge in [-0.25, -0.2) is 14.9 Å². The van der Waals surface area contributed by atoms with E-state index < -0.39 is 69.2 Å². The summed E-state index contributed by atoms with van der Waals surface area (Å²) in [7, 11) is -4.14. The molecule has 18 heteroatoms. The number of nitrogens with two attached hydrogens (primary N) is 2. The van der Waals surface area contributed by atoms with Crippen LogP contribution in [0.15, 0.2) is 17.1 Å². The highest BCUT2D eigenvalue weighted by Crippen LogP contribution is 2.31. The third-order valence-electron chi connectivity index (χ3n) is 3.75. The van der Waals surface area contributed by atoms with E-state index in [1.807, 2.05) is 0 Å². The number of hydrogen-bond donors (Lipinski definition) is 9. The van der Waals surface area contributed by atoms with Gasteiger partial charge in [-0.05, 0) is 6.07 Å². The molecule has 0 radical (unpaired) electrons. The molecule has 5 atom stereocenters. The van der Waals surface area contributed by atoms with Crippen LogP contribution in [0.1, 0.15) is 6.23 Å². The summed E-state index contributed by atoms with van der Waals surface area (Å²) in [5, 5.41) is 48.1. The van der Waals surface area contributed by atoms with Gasteiger partial charge in [-0.3, -0.25) is 19.1 Å². The Labute approximate surface area is 172 Å². The topological polar surface area (TPSA) is 292 Å². The summed E-state index contributed by atoms with van der Waals surface area (Å²) >= 11 is 0. The number of nitrogen functional groups attached to an aromatic ring is 1. The van der Waals surface area contributed by atoms with E-state index in [1.54, 1.807) is 0 Å². The molecule has 1 unspecified atom stereocenters. The van der Waals surface area contributed by atoms with Crippen LogP contribution >= 0.6 is 7.75 Å². The predicted molar refractivity (Wildman–Crippen MR) is 97.9 cm³/mol. The molecule has 17 nitrogen and oxygen atoms in total. The second kappa shape index (κ2) is 10.7. The van der Waals surface area contributed by atoms with Crippen molar-refractivity contribution in [3.05, 3.63) is 22.7 Å². The molecule has 176 valence electrons. The fourth-order valence-corrected chi connectivity index (χ4v) is 2.58. The van der Waals surface area contributed by atoms with Crippen LogP contribution in [0.2, 0.25) is 0 Å². The zero-order chi connectivity index (χ0) is 24.1. The molecule has 0 bridgehead atoms. The van der Waals surface area contributed by atoms with Gasteiger partial charge in [-0.1, -0.05) is 0 Å². The molecule has 0 aromatic carbocycles. The van der Waals surface area contributed by atoms with Gasteiger partial charge in [0.05, 0.1) is 13.1 Å². The lowest BCUT2D eigenvalue weighted by atomic mass is 10.1. The molecular formula is C13H22N5O12P. The van der Waals surface area contributed by atoms with Crippen molar-refractivity contribution in [2.45, 2.75) is 30.8 Å². The average molecular weight is 471 g/mol. The molecule has 1 aliphatic rings. The van der Waals surface area contributed by atoms with Crippen molar-refractivity contribution in [2.24, 2.45) is 5.50 Å². The third kappa shape index (κ3) is 8.29. The first kappa shape index (κ1) is 26.6. The highest BCUT2D eigenvalue weighted by Gasteiger charge is 2.49. The molecule has 2 heterocycles. The van der Waals surface area contributed by atoms with Crippen molar-refractivity contribution >= 4 is 25.5 Å². The Hall–Kier alpha value is -2.47. The number of carbonyl (C=O) groups is 2. The number of aliphatic hydroxyl groups excluding tert-OH is 3. The van der Waals surface area contributed by atoms with Crippen LogP contribution in [0.4, 0.5) is 5.82 Å². The van der Waals surface area contributed by atoms with Gasteiger partial charge in [0.1, 0.15) is 30.4 Å². The molecule has 11 N–H and O–H groups in total. The summed E-state index contributed by atoms with van der Waals surface area (Å²) in [6.07, 6.45) is -7.15. The fraction of sp³-hybridized carbons (Fsp3) is 0.538. The zero-order valence-corrected chi connectivity index (χ0v) is 16.5. The van der Waals surface area contributed by atoms with Crippen molar-refractivity contribution in [3.63, 3.8) is 0 Å². The smallest absolute Gasteiger partial charge is 0.397 e. The number of carboxylic acids is 2. The Morgan fingerprint density at radius 1 is 1.23 bits per heavy atom. The minimum absolute atomic E-state index is 0.0787. The second-order valence-corrected chi connectivity index (χ2v) is 7.39. The SMILES string of the molecule is NP(=O)(O)O.Nc1ccn([C@@H]2O[C@H](C(O)N(CC(=O)O)CC(=O)O)[C@@H](O)[C@H]2O)c(=O)n1. The van der Waals surface area contributed by atoms with Gasteiger partial charge in [-0.15, -0.1) is 0 Å². The molecular weight excluding hydrogens is 449 g/mol. The Morgan fingerprint density at radius 2 is 1.71 bits per heavy atom. The molecule has 1 fully saturated rings. The van der Waals surface area contributed by atoms with Gasteiger partial charge in [0.15, 0.2) is 6.23 Å². The van der Waals surface area contributed by atoms with E-state index in [4.69, 9.17) is 35.0 Å². The van der Waals surface area contributed by atoms with E-state index in [0.29, 0.717) is 4.90 Å². The van der Waals surface area contributed by atoms with Gasteiger partial charge in [0.2, 0.25) is 0 Å². The summed E-state index contributed by atoms with van der Waals surface area (Å²) in [5.41, 5.74) is 8.50. The van der Waals surface area contributed by atoms with Crippen molar-refractivity contribution < 1.29 is 54.2 Å². The van der Waals surface area contributed by atoms with Crippen molar-refractivity contribution in [3.8, 4) is 0 Å². The van der Waals surface area contributed by atoms with Crippen LogP contribution < -0.4 is 16.9 Å². The summed E-state index contributed by atoms with van der Waals surface area (Å²) in [6, 6.07) is 1.24. The summed E-state index contributed by atoms with van der Waals surface area (Å²) in [6.45, 7) is -1.71. The number of aliphatic hydroxyl groups is 3. The van der Waals surface area contributed by atoms with Crippen molar-refractivity contribution in [1.82, 2.24) is 14.5 Å². The number of anilines is 1. The Kier molecular flexibility index (Phi) is 9.18. The number of carboxylic acid groups (broad SMARTS) is 2. The summed E-state index contributed by atoms with van der Waals surface area (Å²) in [4.78, 5) is 52.4. The number of aliphatic carboxylic acids is 2. The highest BCUT2D eigenvalue weighted by atomic mass is 31.2. The van der Waals surface area contributed by atoms with Gasteiger partial charge in [0.25, 0.3) is 0 Å². The molecule has 0 saturated carbocycles. The molecule has 1 aliphatic heterocycles. The molecule has 31 heavy (non-hydrogen) atoms. The minimum atomic E-state index is -4.14. The standard InChI is InChI=1S/C13H18N4O9.H4NO3P/c14-5-1-2-17(13(25)15-5)12-9(23)8(22)10(26-12)11(24)16(3-6(18)19)4-7(20)21;1-5(2,3)4/h1-2,8-12,22-24H,3-4H2,(H,18,19)(H,20,21)(H2,14,15,25);(H4,1,2,3,4)/t8-,9+,10-,11?,12+;/m0./s1. The number of hydrogen-bond acceptors (Lipinski definition) is 11. The van der Waals surface area contributed by atoms with E-state index in [2.05, 4.69) is 10.5 Å². The lowest BCUT2D eigenvalue weighted by Gasteiger charge is -2.30. The van der Waals surface area contributed by atoms with Crippen LogP contribution in [0, 0.1) is 0 Å². The maximum atomic E-state index is 11.9. The maximum Gasteiger partial charge on any atom is 0.397 e. The minimum Gasteiger partial charge on any atom is -0.480 e. The molecule has 0 aliphatic carbocycles. The van der Waals surface area contributed by atoms with Crippen LogP contribution in [0.25, 0.3) is 0 Å². The maximum absolute atomic E-state index is 11.9. The second-order valence-electron chi connectivity index (χ2n) is 6.21. The van der Waals surface area contributed by atoms with Gasteiger partial charge in [-0.2, -0.15) is 4.98 Å². The molecule has 0 spiro atoms. The highest BCUT2D eigenvalue weighted by molar-refractivity contribution is 7.49. The Morgan fingerprint density at radius 3 is 2.13 bits per heavy atom. The normalized spacial score (nSPS) is 24.4. The first-order valence-corrected chi connectivity index (χ1v) is 9.86. The first-order chi connectivity index (χ1) is 14.1. The third-order valence-corrected chi connectivity index (χ3v) is 3.75. The number of aromatic nitrogens is 2. The van der Waals surface area contributed by atoms with Gasteiger partial charge in [0, 0.05) is 6.20 Å². The summed E-state index contributed by atoms with van der Waals surface area (Å²) in [5.74, 6) is -2.92. The molecule has 1 aromatic heterocycles. The largest absolute Gasteiger partial charge is 0.480 e. The lowest BCUT2D eigenvalue weighted by Crippen LogP contribution is -2.52. The van der Waals surface area contributed by atoms with Gasteiger partial charge >= 0.3 is 25.4 Å². The lowest BCUT2D eigenvalue weighted by molar-refractivity contribution is -0.163. The predicted octanol–water partition coefficient (Wildman–Crippen LogP) is -4.73. The van der Waals surface area contributed by atoms with Crippen LogP contribution in [-0.4, -0.2) is 99.3 Å². The van der Waals surface area contributed by atoms with E-state index in [1.165, 1.54) is 6.07 Å². The van der Waals surface area contributed by atoms with E-state index in [0.717, 1.165) is 10.8 Å². The van der Waals surface area contributed by atoms with Crippen LogP contribution in [0.3, 0.4) is 0 Å². The number of ether oxygens (including phenoxy) is 1. The zero-order valence-electron chi connectivity index (χ0n) is 15.6. The van der Waals surface area contributed by atoms with E-state index in [-0.39, 0.29) is 5.82 Å². The fourth-order valence-electron chi connectivity index (χ4n) is 2.58. The average Bonchev–Trinajstić information content (AvgIpc) is 2.87. The summed E-state index contributed by atoms with van der Waals surface area (Å²) < 4.78 is 15.2. The molecule has 1 aromatic rings. The van der Waals surface area contributed by atoms with E-state index >= 15 is 0 Å². The van der Waals surface area contributed by atoms with E-state index in [9.17, 15) is 29.7 Å². The molecule has 0 amide bonds.